The molecule has 0 aliphatic heterocycles. The van der Waals surface area contributed by atoms with Crippen molar-refractivity contribution in [1.29, 1.82) is 0 Å². The average molecular weight is 254 g/mol. The zero-order chi connectivity index (χ0) is 9.97. The molecule has 2 rings (SSSR count). The van der Waals surface area contributed by atoms with E-state index in [0.717, 1.165) is 11.1 Å². The fourth-order valence-corrected chi connectivity index (χ4v) is 1.34. The summed E-state index contributed by atoms with van der Waals surface area (Å²) in [6, 6.07) is 7.69. The van der Waals surface area contributed by atoms with Crippen LogP contribution in [0.5, 0.6) is 0 Å². The summed E-state index contributed by atoms with van der Waals surface area (Å²) in [5.41, 5.74) is 7.45. The summed E-state index contributed by atoms with van der Waals surface area (Å²) in [6.07, 6.45) is 0. The van der Waals surface area contributed by atoms with Gasteiger partial charge in [0.1, 0.15) is 0 Å². The van der Waals surface area contributed by atoms with Gasteiger partial charge in [-0.1, -0.05) is 12.1 Å². The molecular weight excluding hydrogens is 246 g/mol. The molecule has 1 aromatic carbocycles. The van der Waals surface area contributed by atoms with Crippen molar-refractivity contribution in [1.82, 2.24) is 10.2 Å². The first-order chi connectivity index (χ1) is 6.79. The van der Waals surface area contributed by atoms with Crippen LogP contribution in [0, 0.1) is 0 Å². The van der Waals surface area contributed by atoms with E-state index in [1.807, 2.05) is 24.3 Å². The van der Waals surface area contributed by atoms with Crippen LogP contribution in [0.15, 0.2) is 33.5 Å². The average Bonchev–Trinajstić information content (AvgIpc) is 2.65. The third kappa shape index (κ3) is 1.83. The van der Waals surface area contributed by atoms with E-state index in [9.17, 15) is 0 Å². The van der Waals surface area contributed by atoms with Crippen LogP contribution in [0.25, 0.3) is 11.5 Å². The zero-order valence-electron chi connectivity index (χ0n) is 7.27. The van der Waals surface area contributed by atoms with Crippen molar-refractivity contribution in [3.8, 4) is 11.5 Å². The zero-order valence-corrected chi connectivity index (χ0v) is 8.86. The quantitative estimate of drug-likeness (QED) is 0.889. The number of nitrogens with two attached hydrogens (primary N) is 1. The predicted molar refractivity (Wildman–Crippen MR) is 55.3 cm³/mol. The first kappa shape index (κ1) is 9.36. The second-order valence-electron chi connectivity index (χ2n) is 2.76. The molecule has 0 bridgehead atoms. The molecule has 1 aromatic heterocycles. The van der Waals surface area contributed by atoms with Gasteiger partial charge in [-0.2, -0.15) is 0 Å². The highest BCUT2D eigenvalue weighted by Gasteiger charge is 2.05. The van der Waals surface area contributed by atoms with Crippen molar-refractivity contribution < 1.29 is 4.42 Å². The van der Waals surface area contributed by atoms with Crippen molar-refractivity contribution in [3.05, 3.63) is 34.6 Å². The Morgan fingerprint density at radius 1 is 1.21 bits per heavy atom. The standard InChI is InChI=1S/C9H8BrN3O/c10-9-13-12-8(14-9)7-3-1-6(5-11)2-4-7/h1-4H,5,11H2. The lowest BCUT2D eigenvalue weighted by Crippen LogP contribution is -1.95. The Labute approximate surface area is 89.3 Å². The maximum atomic E-state index is 5.48. The molecule has 4 nitrogen and oxygen atoms in total. The molecule has 5 heteroatoms. The molecule has 0 fully saturated rings. The first-order valence-electron chi connectivity index (χ1n) is 4.08. The van der Waals surface area contributed by atoms with E-state index in [2.05, 4.69) is 26.1 Å². The van der Waals surface area contributed by atoms with E-state index in [1.165, 1.54) is 0 Å². The molecule has 1 heterocycles. The van der Waals surface area contributed by atoms with Crippen LogP contribution in [0.1, 0.15) is 5.56 Å². The number of nitrogens with zero attached hydrogens (tertiary/aromatic N) is 2. The van der Waals surface area contributed by atoms with Gasteiger partial charge in [-0.25, -0.2) is 0 Å². The molecule has 2 N–H and O–H groups in total. The molecule has 14 heavy (non-hydrogen) atoms. The highest BCUT2D eigenvalue weighted by atomic mass is 79.9. The molecule has 0 aliphatic carbocycles. The minimum absolute atomic E-state index is 0.385. The van der Waals surface area contributed by atoms with Gasteiger partial charge in [-0.05, 0) is 17.7 Å². The van der Waals surface area contributed by atoms with Crippen LogP contribution < -0.4 is 5.73 Å². The van der Waals surface area contributed by atoms with Gasteiger partial charge < -0.3 is 10.2 Å². The second-order valence-corrected chi connectivity index (χ2v) is 3.44. The molecule has 2 aromatic rings. The van der Waals surface area contributed by atoms with Crippen LogP contribution in [-0.2, 0) is 6.54 Å². The summed E-state index contributed by atoms with van der Waals surface area (Å²) < 4.78 is 5.21. The van der Waals surface area contributed by atoms with Gasteiger partial charge in [0.15, 0.2) is 0 Å². The molecule has 72 valence electrons. The van der Waals surface area contributed by atoms with Crippen LogP contribution in [-0.4, -0.2) is 10.2 Å². The fourth-order valence-electron chi connectivity index (χ4n) is 1.11. The Balaban J connectivity index is 2.33. The Morgan fingerprint density at radius 2 is 1.93 bits per heavy atom. The van der Waals surface area contributed by atoms with E-state index in [4.69, 9.17) is 10.2 Å². The molecular formula is C9H8BrN3O. The van der Waals surface area contributed by atoms with Crippen molar-refractivity contribution >= 4 is 15.9 Å². The first-order valence-corrected chi connectivity index (χ1v) is 4.87. The lowest BCUT2D eigenvalue weighted by molar-refractivity contribution is 0.540. The summed E-state index contributed by atoms with van der Waals surface area (Å²) >= 11 is 3.10. The fraction of sp³-hybridized carbons (Fsp3) is 0.111. The number of hydrogen-bond acceptors (Lipinski definition) is 4. The second kappa shape index (κ2) is 3.89. The van der Waals surface area contributed by atoms with Gasteiger partial charge in [0.25, 0.3) is 4.80 Å². The Kier molecular flexibility index (Phi) is 2.60. The molecule has 0 saturated heterocycles. The van der Waals surface area contributed by atoms with Crippen molar-refractivity contribution in [2.24, 2.45) is 5.73 Å². The number of hydrogen-bond donors (Lipinski definition) is 1. The van der Waals surface area contributed by atoms with E-state index in [1.54, 1.807) is 0 Å². The normalized spacial score (nSPS) is 10.4. The maximum absolute atomic E-state index is 5.48. The van der Waals surface area contributed by atoms with E-state index < -0.39 is 0 Å². The highest BCUT2D eigenvalue weighted by molar-refractivity contribution is 9.10. The number of rotatable bonds is 2. The number of aromatic nitrogens is 2. The molecule has 0 radical (unpaired) electrons. The Morgan fingerprint density at radius 3 is 2.43 bits per heavy atom. The van der Waals surface area contributed by atoms with Gasteiger partial charge in [0.05, 0.1) is 0 Å². The van der Waals surface area contributed by atoms with Gasteiger partial charge in [0, 0.05) is 28.0 Å². The van der Waals surface area contributed by atoms with Gasteiger partial charge in [-0.15, -0.1) is 10.2 Å². The molecule has 0 unspecified atom stereocenters. The van der Waals surface area contributed by atoms with Gasteiger partial charge >= 0.3 is 0 Å². The smallest absolute Gasteiger partial charge is 0.285 e. The van der Waals surface area contributed by atoms with Gasteiger partial charge in [-0.3, -0.25) is 0 Å². The van der Waals surface area contributed by atoms with Gasteiger partial charge in [0.2, 0.25) is 5.89 Å². The summed E-state index contributed by atoms with van der Waals surface area (Å²) in [7, 11) is 0. The van der Waals surface area contributed by atoms with E-state index in [0.29, 0.717) is 17.2 Å². The van der Waals surface area contributed by atoms with Crippen LogP contribution in [0.3, 0.4) is 0 Å². The van der Waals surface area contributed by atoms with Crippen molar-refractivity contribution in [2.45, 2.75) is 6.54 Å². The summed E-state index contributed by atoms with van der Waals surface area (Å²) in [4.78, 5) is 0.385. The monoisotopic (exact) mass is 253 g/mol. The molecule has 0 amide bonds. The highest BCUT2D eigenvalue weighted by Crippen LogP contribution is 2.20. The van der Waals surface area contributed by atoms with Crippen LogP contribution in [0.2, 0.25) is 0 Å². The van der Waals surface area contributed by atoms with Crippen molar-refractivity contribution in [3.63, 3.8) is 0 Å². The minimum Gasteiger partial charge on any atom is -0.411 e. The molecule has 0 saturated carbocycles. The number of benzene rings is 1. The van der Waals surface area contributed by atoms with E-state index in [-0.39, 0.29) is 0 Å². The number of halogens is 1. The van der Waals surface area contributed by atoms with Crippen LogP contribution in [0.4, 0.5) is 0 Å². The Hall–Kier alpha value is -1.20. The Bertz CT molecular complexity index is 424. The topological polar surface area (TPSA) is 64.9 Å². The maximum Gasteiger partial charge on any atom is 0.285 e. The summed E-state index contributed by atoms with van der Waals surface area (Å²) in [5, 5.41) is 7.56. The third-order valence-electron chi connectivity index (χ3n) is 1.84. The molecule has 0 aliphatic rings. The third-order valence-corrected chi connectivity index (χ3v) is 2.16. The van der Waals surface area contributed by atoms with Crippen LogP contribution >= 0.6 is 15.9 Å². The molecule has 0 atom stereocenters. The summed E-state index contributed by atoms with van der Waals surface area (Å²) in [5.74, 6) is 0.500. The van der Waals surface area contributed by atoms with E-state index >= 15 is 0 Å². The van der Waals surface area contributed by atoms with Crippen molar-refractivity contribution in [2.75, 3.05) is 0 Å². The lowest BCUT2D eigenvalue weighted by Gasteiger charge is -1.97. The minimum atomic E-state index is 0.385. The molecule has 0 spiro atoms. The summed E-state index contributed by atoms with van der Waals surface area (Å²) in [6.45, 7) is 0.536. The SMILES string of the molecule is NCc1ccc(-c2nnc(Br)o2)cc1. The lowest BCUT2D eigenvalue weighted by atomic mass is 10.1. The predicted octanol–water partition coefficient (Wildman–Crippen LogP) is 1.96. The largest absolute Gasteiger partial charge is 0.411 e.